The first-order valence-corrected chi connectivity index (χ1v) is 14.3. The van der Waals surface area contributed by atoms with Gasteiger partial charge in [0, 0.05) is 30.5 Å². The van der Waals surface area contributed by atoms with Crippen LogP contribution in [-0.2, 0) is 20.9 Å². The summed E-state index contributed by atoms with van der Waals surface area (Å²) in [6, 6.07) is 13.2. The van der Waals surface area contributed by atoms with Gasteiger partial charge in [-0.2, -0.15) is 0 Å². The van der Waals surface area contributed by atoms with Gasteiger partial charge in [0.05, 0.1) is 7.11 Å². The molecule has 1 saturated carbocycles. The highest BCUT2D eigenvalue weighted by atomic mass is 32.2. The lowest BCUT2D eigenvalue weighted by Gasteiger charge is -2.25. The van der Waals surface area contributed by atoms with Crippen LogP contribution in [0.2, 0.25) is 0 Å². The third-order valence-corrected chi connectivity index (χ3v) is 8.10. The van der Waals surface area contributed by atoms with Crippen molar-refractivity contribution in [3.05, 3.63) is 59.2 Å². The van der Waals surface area contributed by atoms with E-state index in [0.717, 1.165) is 53.2 Å². The first kappa shape index (κ1) is 29.9. The molecular weight excluding hydrogens is 498 g/mol. The SMILES string of the molecule is COC(=O)[C@H](CCC(N)=O)NSC(=O)c1ccc(CN(C)CCC2CCCCC2)cc1-c1ccccc1C. The van der Waals surface area contributed by atoms with Gasteiger partial charge in [-0.15, -0.1) is 0 Å². The topological polar surface area (TPSA) is 102 Å². The molecule has 3 rings (SSSR count). The number of carbonyl (C=O) groups excluding carboxylic acids is 3. The highest BCUT2D eigenvalue weighted by Crippen LogP contribution is 2.31. The van der Waals surface area contributed by atoms with Gasteiger partial charge in [-0.3, -0.25) is 14.4 Å². The lowest BCUT2D eigenvalue weighted by molar-refractivity contribution is -0.142. The smallest absolute Gasteiger partial charge is 0.323 e. The van der Waals surface area contributed by atoms with Gasteiger partial charge in [-0.25, -0.2) is 4.72 Å². The zero-order valence-electron chi connectivity index (χ0n) is 22.8. The number of nitrogens with two attached hydrogens (primary N) is 1. The van der Waals surface area contributed by atoms with E-state index in [2.05, 4.69) is 22.7 Å². The Morgan fingerprint density at radius 1 is 1.11 bits per heavy atom. The molecule has 0 unspecified atom stereocenters. The van der Waals surface area contributed by atoms with Gasteiger partial charge < -0.3 is 15.4 Å². The Labute approximate surface area is 231 Å². The van der Waals surface area contributed by atoms with Crippen molar-refractivity contribution < 1.29 is 19.1 Å². The normalized spacial score (nSPS) is 14.8. The van der Waals surface area contributed by atoms with Crippen molar-refractivity contribution in [3.63, 3.8) is 0 Å². The summed E-state index contributed by atoms with van der Waals surface area (Å²) in [6.45, 7) is 3.91. The van der Waals surface area contributed by atoms with E-state index in [1.165, 1.54) is 45.6 Å². The summed E-state index contributed by atoms with van der Waals surface area (Å²) in [5.74, 6) is -0.217. The summed E-state index contributed by atoms with van der Waals surface area (Å²) in [7, 11) is 3.43. The van der Waals surface area contributed by atoms with Crippen molar-refractivity contribution in [1.82, 2.24) is 9.62 Å². The van der Waals surface area contributed by atoms with E-state index in [1.54, 1.807) is 0 Å². The highest BCUT2D eigenvalue weighted by molar-refractivity contribution is 8.12. The minimum Gasteiger partial charge on any atom is -0.468 e. The van der Waals surface area contributed by atoms with E-state index in [1.807, 2.05) is 43.3 Å². The van der Waals surface area contributed by atoms with Crippen LogP contribution in [0.1, 0.15) is 72.9 Å². The number of nitrogens with one attached hydrogen (secondary N) is 1. The van der Waals surface area contributed by atoms with Crippen LogP contribution < -0.4 is 10.5 Å². The zero-order valence-corrected chi connectivity index (χ0v) is 23.6. The van der Waals surface area contributed by atoms with Crippen LogP contribution in [0.5, 0.6) is 0 Å². The minimum atomic E-state index is -0.819. The van der Waals surface area contributed by atoms with Gasteiger partial charge in [0.1, 0.15) is 6.04 Å². The van der Waals surface area contributed by atoms with Gasteiger partial charge in [-0.1, -0.05) is 62.4 Å². The number of aryl methyl sites for hydroxylation is 1. The molecule has 1 atom stereocenters. The number of carbonyl (C=O) groups is 3. The summed E-state index contributed by atoms with van der Waals surface area (Å²) >= 11 is 0.839. The molecule has 8 heteroatoms. The number of hydrogen-bond donors (Lipinski definition) is 2. The Morgan fingerprint density at radius 2 is 1.84 bits per heavy atom. The maximum atomic E-state index is 13.4. The Kier molecular flexibility index (Phi) is 11.8. The quantitative estimate of drug-likeness (QED) is 0.265. The molecule has 0 radical (unpaired) electrons. The van der Waals surface area contributed by atoms with Crippen LogP contribution in [0.15, 0.2) is 42.5 Å². The number of esters is 1. The fourth-order valence-corrected chi connectivity index (χ4v) is 5.82. The summed E-state index contributed by atoms with van der Waals surface area (Å²) in [4.78, 5) is 39.1. The minimum absolute atomic E-state index is 0.0128. The van der Waals surface area contributed by atoms with Crippen LogP contribution >= 0.6 is 11.9 Å². The maximum Gasteiger partial charge on any atom is 0.323 e. The van der Waals surface area contributed by atoms with Crippen molar-refractivity contribution >= 4 is 28.9 Å². The fraction of sp³-hybridized carbons (Fsp3) is 0.500. The van der Waals surface area contributed by atoms with Gasteiger partial charge in [0.2, 0.25) is 11.0 Å². The van der Waals surface area contributed by atoms with E-state index in [0.29, 0.717) is 5.56 Å². The first-order valence-electron chi connectivity index (χ1n) is 13.5. The number of benzene rings is 2. The monoisotopic (exact) mass is 539 g/mol. The van der Waals surface area contributed by atoms with Crippen LogP contribution in [0.3, 0.4) is 0 Å². The summed E-state index contributed by atoms with van der Waals surface area (Å²) in [5, 5.41) is -0.214. The molecular formula is C30H41N3O4S. The van der Waals surface area contributed by atoms with Crippen molar-refractivity contribution in [2.24, 2.45) is 11.7 Å². The summed E-state index contributed by atoms with van der Waals surface area (Å²) in [5.41, 5.74) is 9.90. The van der Waals surface area contributed by atoms with Crippen molar-refractivity contribution in [3.8, 4) is 11.1 Å². The predicted octanol–water partition coefficient (Wildman–Crippen LogP) is 5.25. The van der Waals surface area contributed by atoms with Crippen LogP contribution in [0, 0.1) is 12.8 Å². The van der Waals surface area contributed by atoms with Crippen molar-refractivity contribution in [2.75, 3.05) is 20.7 Å². The van der Waals surface area contributed by atoms with Crippen molar-refractivity contribution in [1.29, 1.82) is 0 Å². The molecule has 1 fully saturated rings. The molecule has 206 valence electrons. The molecule has 1 aliphatic carbocycles. The number of primary amides is 1. The zero-order chi connectivity index (χ0) is 27.5. The Morgan fingerprint density at radius 3 is 2.53 bits per heavy atom. The van der Waals surface area contributed by atoms with Crippen LogP contribution in [0.25, 0.3) is 11.1 Å². The van der Waals surface area contributed by atoms with Gasteiger partial charge in [0.25, 0.3) is 0 Å². The van der Waals surface area contributed by atoms with Crippen LogP contribution in [-0.4, -0.2) is 48.6 Å². The largest absolute Gasteiger partial charge is 0.468 e. The second-order valence-corrected chi connectivity index (χ2v) is 11.1. The van der Waals surface area contributed by atoms with E-state index in [-0.39, 0.29) is 18.0 Å². The van der Waals surface area contributed by atoms with E-state index < -0.39 is 17.9 Å². The Hall–Kier alpha value is -2.68. The highest BCUT2D eigenvalue weighted by Gasteiger charge is 2.23. The van der Waals surface area contributed by atoms with Crippen LogP contribution in [0.4, 0.5) is 0 Å². The van der Waals surface area contributed by atoms with Gasteiger partial charge in [-0.05, 0) is 73.7 Å². The molecule has 0 heterocycles. The molecule has 1 aliphatic rings. The van der Waals surface area contributed by atoms with Crippen molar-refractivity contribution in [2.45, 2.75) is 70.9 Å². The van der Waals surface area contributed by atoms with E-state index in [9.17, 15) is 14.4 Å². The second-order valence-electron chi connectivity index (χ2n) is 10.3. The average Bonchev–Trinajstić information content (AvgIpc) is 2.92. The molecule has 3 N–H and O–H groups in total. The maximum absolute atomic E-state index is 13.4. The molecule has 0 saturated heterocycles. The predicted molar refractivity (Wildman–Crippen MR) is 153 cm³/mol. The average molecular weight is 540 g/mol. The third kappa shape index (κ3) is 8.96. The molecule has 7 nitrogen and oxygen atoms in total. The number of rotatable bonds is 13. The molecule has 1 amide bonds. The number of methoxy groups -OCH3 is 1. The van der Waals surface area contributed by atoms with Gasteiger partial charge >= 0.3 is 5.97 Å². The standard InChI is InChI=1S/C30H41N3O4S/c1-21-9-7-8-12-24(21)26-19-23(20-33(2)18-17-22-10-5-4-6-11-22)13-14-25(26)30(36)38-32-27(29(35)37-3)15-16-28(31)34/h7-9,12-14,19,22,27,32H,4-6,10-11,15-18,20H2,1-3H3,(H2,31,34)/t27-/m0/s1. The molecule has 2 aromatic carbocycles. The molecule has 0 bridgehead atoms. The van der Waals surface area contributed by atoms with E-state index in [4.69, 9.17) is 10.5 Å². The second kappa shape index (κ2) is 15.0. The molecule has 38 heavy (non-hydrogen) atoms. The third-order valence-electron chi connectivity index (χ3n) is 7.29. The molecule has 2 aromatic rings. The number of hydrogen-bond acceptors (Lipinski definition) is 7. The summed E-state index contributed by atoms with van der Waals surface area (Å²) in [6.07, 6.45) is 8.21. The Bertz CT molecular complexity index is 1100. The lowest BCUT2D eigenvalue weighted by Crippen LogP contribution is -2.35. The lowest BCUT2D eigenvalue weighted by atomic mass is 9.87. The van der Waals surface area contributed by atoms with Gasteiger partial charge in [0.15, 0.2) is 0 Å². The number of nitrogens with zero attached hydrogens (tertiary/aromatic N) is 1. The molecule has 0 aliphatic heterocycles. The Balaban J connectivity index is 1.76. The summed E-state index contributed by atoms with van der Waals surface area (Å²) < 4.78 is 7.71. The number of amides is 1. The molecule has 0 aromatic heterocycles. The number of ether oxygens (including phenoxy) is 1. The molecule has 0 spiro atoms. The first-order chi connectivity index (χ1) is 18.3. The fourth-order valence-electron chi connectivity index (χ4n) is 5.07. The van der Waals surface area contributed by atoms with E-state index >= 15 is 0 Å².